The van der Waals surface area contributed by atoms with Crippen molar-refractivity contribution in [1.29, 1.82) is 0 Å². The van der Waals surface area contributed by atoms with Crippen LogP contribution in [-0.2, 0) is 4.74 Å². The Labute approximate surface area is 176 Å². The zero-order valence-corrected chi connectivity index (χ0v) is 19.0. The van der Waals surface area contributed by atoms with Gasteiger partial charge in [-0.2, -0.15) is 5.10 Å². The molecule has 6 nitrogen and oxygen atoms in total. The van der Waals surface area contributed by atoms with E-state index in [1.807, 2.05) is 66.7 Å². The molecule has 0 saturated heterocycles. The number of ether oxygens (including phenoxy) is 1. The number of amides is 1. The molecule has 2 heterocycles. The highest BCUT2D eigenvalue weighted by Crippen LogP contribution is 2.37. The summed E-state index contributed by atoms with van der Waals surface area (Å²) in [5, 5.41) is 8.33. The van der Waals surface area contributed by atoms with Crippen LogP contribution >= 0.6 is 11.3 Å². The third-order valence-corrected chi connectivity index (χ3v) is 5.49. The van der Waals surface area contributed by atoms with E-state index in [-0.39, 0.29) is 5.78 Å². The number of fused-ring (bicyclic) bond motifs is 1. The summed E-state index contributed by atoms with van der Waals surface area (Å²) in [4.78, 5) is 27.6. The van der Waals surface area contributed by atoms with E-state index in [4.69, 9.17) is 4.74 Å². The Balaban J connectivity index is 2.61. The quantitative estimate of drug-likeness (QED) is 0.437. The Bertz CT molecular complexity index is 968. The van der Waals surface area contributed by atoms with Crippen LogP contribution in [0.25, 0.3) is 10.2 Å². The van der Waals surface area contributed by atoms with Crippen molar-refractivity contribution >= 4 is 39.1 Å². The summed E-state index contributed by atoms with van der Waals surface area (Å²) < 4.78 is 6.41. The first kappa shape index (κ1) is 22.7. The van der Waals surface area contributed by atoms with Gasteiger partial charge in [-0.15, -0.1) is 16.4 Å². The Morgan fingerprint density at radius 2 is 2.00 bits per heavy atom. The molecular formula is C22H29N3O3S. The van der Waals surface area contributed by atoms with E-state index >= 15 is 0 Å². The minimum absolute atomic E-state index is 0.0597. The first-order chi connectivity index (χ1) is 13.6. The highest BCUT2D eigenvalue weighted by molar-refractivity contribution is 7.21. The van der Waals surface area contributed by atoms with Crippen LogP contribution in [0.4, 0.5) is 10.5 Å². The number of anilines is 1. The van der Waals surface area contributed by atoms with Gasteiger partial charge in [-0.05, 0) is 47.1 Å². The average Bonchev–Trinajstić information content (AvgIpc) is 2.99. The van der Waals surface area contributed by atoms with E-state index in [9.17, 15) is 9.59 Å². The summed E-state index contributed by atoms with van der Waals surface area (Å²) in [5.74, 6) is 0.0597. The number of carbonyl (C=O) groups excluding carboxylic acids is 2. The number of aryl methyl sites for hydroxylation is 1. The van der Waals surface area contributed by atoms with E-state index in [0.29, 0.717) is 29.0 Å². The molecule has 0 N–H and O–H groups in total. The summed E-state index contributed by atoms with van der Waals surface area (Å²) in [7, 11) is 0. The van der Waals surface area contributed by atoms with Gasteiger partial charge in [0, 0.05) is 6.42 Å². The average molecular weight is 416 g/mol. The molecule has 0 aliphatic heterocycles. The van der Waals surface area contributed by atoms with Crippen LogP contribution in [-0.4, -0.2) is 34.2 Å². The van der Waals surface area contributed by atoms with Gasteiger partial charge in [-0.3, -0.25) is 9.69 Å². The molecule has 0 spiro atoms. The third-order valence-electron chi connectivity index (χ3n) is 4.15. The predicted molar refractivity (Wildman–Crippen MR) is 119 cm³/mol. The number of nitrogens with zero attached hydrogens (tertiary/aromatic N) is 3. The third kappa shape index (κ3) is 5.50. The Kier molecular flexibility index (Phi) is 7.30. The first-order valence-electron chi connectivity index (χ1n) is 9.66. The van der Waals surface area contributed by atoms with Crippen molar-refractivity contribution in [2.24, 2.45) is 0 Å². The number of thiophene rings is 1. The molecule has 7 heteroatoms. The number of rotatable bonds is 6. The number of aromatic nitrogens is 2. The van der Waals surface area contributed by atoms with E-state index in [1.54, 1.807) is 11.1 Å². The maximum atomic E-state index is 13.0. The van der Waals surface area contributed by atoms with E-state index < -0.39 is 11.7 Å². The second kappa shape index (κ2) is 9.31. The highest BCUT2D eigenvalue weighted by Gasteiger charge is 2.27. The minimum Gasteiger partial charge on any atom is -0.443 e. The SMILES string of the molecule is C/C=C\C=C(/C)CN(C(=O)OC(C)(C)C)c1cnnc2c(C)c(C(=O)CC)sc12. The van der Waals surface area contributed by atoms with E-state index in [1.165, 1.54) is 11.3 Å². The number of hydrogen-bond donors (Lipinski definition) is 0. The molecular weight excluding hydrogens is 386 g/mol. The van der Waals surface area contributed by atoms with Crippen molar-refractivity contribution in [3.05, 3.63) is 40.4 Å². The molecule has 156 valence electrons. The number of Topliss-reactive ketones (excluding diaryl/α,β-unsaturated/α-hetero) is 1. The lowest BCUT2D eigenvalue weighted by atomic mass is 10.1. The van der Waals surface area contributed by atoms with Crippen LogP contribution in [0, 0.1) is 6.92 Å². The lowest BCUT2D eigenvalue weighted by molar-refractivity contribution is 0.0583. The number of carbonyl (C=O) groups is 2. The molecule has 29 heavy (non-hydrogen) atoms. The van der Waals surface area contributed by atoms with Crippen molar-refractivity contribution < 1.29 is 14.3 Å². The van der Waals surface area contributed by atoms with Crippen LogP contribution in [0.2, 0.25) is 0 Å². The van der Waals surface area contributed by atoms with Gasteiger partial charge >= 0.3 is 6.09 Å². The highest BCUT2D eigenvalue weighted by atomic mass is 32.1. The van der Waals surface area contributed by atoms with Crippen molar-refractivity contribution in [3.63, 3.8) is 0 Å². The Morgan fingerprint density at radius 3 is 2.59 bits per heavy atom. The van der Waals surface area contributed by atoms with Crippen LogP contribution in [0.5, 0.6) is 0 Å². The Morgan fingerprint density at radius 1 is 1.31 bits per heavy atom. The van der Waals surface area contributed by atoms with E-state index in [2.05, 4.69) is 10.2 Å². The monoisotopic (exact) mass is 415 g/mol. The lowest BCUT2D eigenvalue weighted by Crippen LogP contribution is -2.38. The molecule has 1 amide bonds. The maximum absolute atomic E-state index is 13.0. The molecule has 0 aliphatic carbocycles. The standard InChI is InChI=1S/C22H29N3O3S/c1-8-10-11-14(3)13-25(21(27)28-22(5,6)7)16-12-23-24-18-15(4)19(17(26)9-2)29-20(16)18/h8,10-12H,9,13H2,1-7H3/b10-8-,14-11+. The van der Waals surface area contributed by atoms with Crippen molar-refractivity contribution in [3.8, 4) is 0 Å². The molecule has 0 radical (unpaired) electrons. The maximum Gasteiger partial charge on any atom is 0.415 e. The van der Waals surface area contributed by atoms with Gasteiger partial charge in [0.05, 0.1) is 28.0 Å². The van der Waals surface area contributed by atoms with Gasteiger partial charge < -0.3 is 4.74 Å². The van der Waals surface area contributed by atoms with Crippen molar-refractivity contribution in [1.82, 2.24) is 10.2 Å². The Hall–Kier alpha value is -2.54. The van der Waals surface area contributed by atoms with Crippen LogP contribution in [0.15, 0.2) is 30.0 Å². The molecule has 0 saturated carbocycles. The summed E-state index contributed by atoms with van der Waals surface area (Å²) in [6.07, 6.45) is 7.32. The fourth-order valence-electron chi connectivity index (χ4n) is 2.75. The molecule has 0 aromatic carbocycles. The molecule has 0 atom stereocenters. The van der Waals surface area contributed by atoms with Crippen molar-refractivity contribution in [2.75, 3.05) is 11.4 Å². The number of allylic oxidation sites excluding steroid dienone is 3. The van der Waals surface area contributed by atoms with Crippen LogP contribution < -0.4 is 4.90 Å². The summed E-state index contributed by atoms with van der Waals surface area (Å²) in [6, 6.07) is 0. The largest absolute Gasteiger partial charge is 0.443 e. The molecule has 0 fully saturated rings. The van der Waals surface area contributed by atoms with Gasteiger partial charge in [0.2, 0.25) is 0 Å². The summed E-state index contributed by atoms with van der Waals surface area (Å²) >= 11 is 1.36. The normalized spacial score (nSPS) is 12.6. The predicted octanol–water partition coefficient (Wildman–Crippen LogP) is 5.86. The topological polar surface area (TPSA) is 72.4 Å². The fourth-order valence-corrected chi connectivity index (χ4v) is 4.02. The lowest BCUT2D eigenvalue weighted by Gasteiger charge is -2.27. The van der Waals surface area contributed by atoms with Gasteiger partial charge in [-0.25, -0.2) is 4.79 Å². The van der Waals surface area contributed by atoms with Gasteiger partial charge in [0.25, 0.3) is 0 Å². The van der Waals surface area contributed by atoms with Crippen LogP contribution in [0.3, 0.4) is 0 Å². The van der Waals surface area contributed by atoms with Gasteiger partial charge in [0.15, 0.2) is 5.78 Å². The number of hydrogen-bond acceptors (Lipinski definition) is 6. The summed E-state index contributed by atoms with van der Waals surface area (Å²) in [5.41, 5.74) is 2.40. The zero-order chi connectivity index (χ0) is 21.8. The molecule has 0 aliphatic rings. The first-order valence-corrected chi connectivity index (χ1v) is 10.5. The molecule has 2 aromatic rings. The van der Waals surface area contributed by atoms with Crippen LogP contribution in [0.1, 0.15) is 63.2 Å². The van der Waals surface area contributed by atoms with Gasteiger partial charge in [0.1, 0.15) is 11.1 Å². The minimum atomic E-state index is -0.634. The van der Waals surface area contributed by atoms with Gasteiger partial charge in [-0.1, -0.05) is 30.7 Å². The molecule has 0 unspecified atom stereocenters. The molecule has 2 aromatic heterocycles. The zero-order valence-electron chi connectivity index (χ0n) is 18.2. The van der Waals surface area contributed by atoms with Crippen molar-refractivity contribution in [2.45, 2.75) is 60.5 Å². The second-order valence-corrected chi connectivity index (χ2v) is 8.87. The molecule has 2 rings (SSSR count). The fraction of sp³-hybridized carbons (Fsp3) is 0.455. The smallest absolute Gasteiger partial charge is 0.415 e. The second-order valence-electron chi connectivity index (χ2n) is 7.85. The molecule has 0 bridgehead atoms. The number of ketones is 1. The summed E-state index contributed by atoms with van der Waals surface area (Å²) in [6.45, 7) is 13.4. The van der Waals surface area contributed by atoms with E-state index in [0.717, 1.165) is 15.8 Å².